The minimum atomic E-state index is -0.478. The summed E-state index contributed by atoms with van der Waals surface area (Å²) >= 11 is 0. The Bertz CT molecular complexity index is 569. The molecule has 6 heteroatoms. The van der Waals surface area contributed by atoms with Crippen molar-refractivity contribution in [3.8, 4) is 5.75 Å². The van der Waals surface area contributed by atoms with E-state index in [0.717, 1.165) is 24.5 Å². The number of benzene rings is 1. The molecule has 1 saturated heterocycles. The predicted octanol–water partition coefficient (Wildman–Crippen LogP) is 2.72. The SMILES string of the molecule is COc1cc(N)ccc1N1CCN(C(=O)OC(C)(C)C)C(C)C1. The monoisotopic (exact) mass is 321 g/mol. The van der Waals surface area contributed by atoms with E-state index >= 15 is 0 Å². The highest BCUT2D eigenvalue weighted by atomic mass is 16.6. The van der Waals surface area contributed by atoms with Gasteiger partial charge in [0.2, 0.25) is 0 Å². The summed E-state index contributed by atoms with van der Waals surface area (Å²) < 4.78 is 10.9. The van der Waals surface area contributed by atoms with Crippen molar-refractivity contribution in [1.82, 2.24) is 4.90 Å². The van der Waals surface area contributed by atoms with Gasteiger partial charge >= 0.3 is 6.09 Å². The predicted molar refractivity (Wildman–Crippen MR) is 92.0 cm³/mol. The van der Waals surface area contributed by atoms with E-state index in [1.807, 2.05) is 45.9 Å². The molecule has 1 aliphatic rings. The first-order valence-corrected chi connectivity index (χ1v) is 7.89. The van der Waals surface area contributed by atoms with Gasteiger partial charge in [-0.1, -0.05) is 0 Å². The van der Waals surface area contributed by atoms with Gasteiger partial charge in [-0.25, -0.2) is 4.79 Å². The van der Waals surface area contributed by atoms with Gasteiger partial charge in [-0.3, -0.25) is 0 Å². The molecule has 1 unspecified atom stereocenters. The van der Waals surface area contributed by atoms with Crippen molar-refractivity contribution in [3.63, 3.8) is 0 Å². The number of hydrogen-bond acceptors (Lipinski definition) is 5. The molecule has 1 aromatic rings. The first kappa shape index (κ1) is 17.2. The normalized spacial score (nSPS) is 18.7. The van der Waals surface area contributed by atoms with Crippen LogP contribution in [0.15, 0.2) is 18.2 Å². The third-order valence-electron chi connectivity index (χ3n) is 3.80. The van der Waals surface area contributed by atoms with E-state index in [1.165, 1.54) is 0 Å². The number of nitrogen functional groups attached to an aromatic ring is 1. The Kier molecular flexibility index (Phi) is 4.92. The maximum absolute atomic E-state index is 12.3. The third kappa shape index (κ3) is 4.21. The van der Waals surface area contributed by atoms with Crippen LogP contribution in [0.5, 0.6) is 5.75 Å². The summed E-state index contributed by atoms with van der Waals surface area (Å²) in [5, 5.41) is 0. The summed E-state index contributed by atoms with van der Waals surface area (Å²) in [6, 6.07) is 5.70. The van der Waals surface area contributed by atoms with Crippen LogP contribution in [0.25, 0.3) is 0 Å². The largest absolute Gasteiger partial charge is 0.495 e. The highest BCUT2D eigenvalue weighted by molar-refractivity contribution is 5.70. The van der Waals surface area contributed by atoms with Gasteiger partial charge in [0.15, 0.2) is 0 Å². The van der Waals surface area contributed by atoms with Crippen molar-refractivity contribution < 1.29 is 14.3 Å². The van der Waals surface area contributed by atoms with Gasteiger partial charge in [-0.05, 0) is 39.8 Å². The van der Waals surface area contributed by atoms with Crippen LogP contribution < -0.4 is 15.4 Å². The average molecular weight is 321 g/mol. The molecule has 0 saturated carbocycles. The average Bonchev–Trinajstić information content (AvgIpc) is 2.44. The second-order valence-electron chi connectivity index (χ2n) is 6.90. The molecule has 23 heavy (non-hydrogen) atoms. The van der Waals surface area contributed by atoms with Crippen molar-refractivity contribution in [2.75, 3.05) is 37.4 Å². The Balaban J connectivity index is 2.08. The van der Waals surface area contributed by atoms with E-state index in [-0.39, 0.29) is 12.1 Å². The van der Waals surface area contributed by atoms with Crippen LogP contribution in [-0.2, 0) is 4.74 Å². The van der Waals surface area contributed by atoms with Gasteiger partial charge in [0.1, 0.15) is 11.4 Å². The number of nitrogens with two attached hydrogens (primary N) is 1. The van der Waals surface area contributed by atoms with E-state index in [4.69, 9.17) is 15.2 Å². The smallest absolute Gasteiger partial charge is 0.410 e. The molecule has 6 nitrogen and oxygen atoms in total. The second-order valence-corrected chi connectivity index (χ2v) is 6.90. The summed E-state index contributed by atoms with van der Waals surface area (Å²) in [5.74, 6) is 0.753. The number of ether oxygens (including phenoxy) is 2. The number of nitrogens with zero attached hydrogens (tertiary/aromatic N) is 2. The number of carbonyl (C=O) groups is 1. The van der Waals surface area contributed by atoms with Crippen LogP contribution in [0.1, 0.15) is 27.7 Å². The van der Waals surface area contributed by atoms with Crippen LogP contribution in [0.3, 0.4) is 0 Å². The maximum Gasteiger partial charge on any atom is 0.410 e. The van der Waals surface area contributed by atoms with Gasteiger partial charge < -0.3 is 25.0 Å². The van der Waals surface area contributed by atoms with Gasteiger partial charge in [0.05, 0.1) is 12.8 Å². The topological polar surface area (TPSA) is 68.0 Å². The molecule has 0 aliphatic carbocycles. The number of anilines is 2. The number of methoxy groups -OCH3 is 1. The zero-order valence-electron chi connectivity index (χ0n) is 14.6. The molecule has 1 amide bonds. The van der Waals surface area contributed by atoms with E-state index in [1.54, 1.807) is 12.0 Å². The number of piperazine rings is 1. The van der Waals surface area contributed by atoms with Crippen molar-refractivity contribution in [2.24, 2.45) is 0 Å². The van der Waals surface area contributed by atoms with Crippen LogP contribution >= 0.6 is 0 Å². The Morgan fingerprint density at radius 3 is 2.57 bits per heavy atom. The van der Waals surface area contributed by atoms with Gasteiger partial charge in [0.25, 0.3) is 0 Å². The number of rotatable bonds is 2. The third-order valence-corrected chi connectivity index (χ3v) is 3.80. The molecule has 128 valence electrons. The molecule has 1 fully saturated rings. The van der Waals surface area contributed by atoms with Crippen LogP contribution in [0.4, 0.5) is 16.2 Å². The molecular formula is C17H27N3O3. The summed E-state index contributed by atoms with van der Waals surface area (Å²) in [6.45, 7) is 9.73. The van der Waals surface area contributed by atoms with E-state index in [9.17, 15) is 4.79 Å². The number of hydrogen-bond donors (Lipinski definition) is 1. The lowest BCUT2D eigenvalue weighted by Gasteiger charge is -2.41. The van der Waals surface area contributed by atoms with Crippen LogP contribution in [0.2, 0.25) is 0 Å². The lowest BCUT2D eigenvalue weighted by Crippen LogP contribution is -2.55. The first-order chi connectivity index (χ1) is 10.7. The lowest BCUT2D eigenvalue weighted by atomic mass is 10.1. The standard InChI is InChI=1S/C17H27N3O3/c1-12-11-19(14-7-6-13(18)10-15(14)22-5)8-9-20(12)16(21)23-17(2,3)4/h6-7,10,12H,8-9,11,18H2,1-5H3. The Morgan fingerprint density at radius 2 is 2.00 bits per heavy atom. The van der Waals surface area contributed by atoms with Crippen molar-refractivity contribution in [1.29, 1.82) is 0 Å². The van der Waals surface area contributed by atoms with Crippen molar-refractivity contribution in [2.45, 2.75) is 39.3 Å². The number of amides is 1. The minimum absolute atomic E-state index is 0.0564. The quantitative estimate of drug-likeness (QED) is 0.848. The lowest BCUT2D eigenvalue weighted by molar-refractivity contribution is 0.0159. The second kappa shape index (κ2) is 6.56. The van der Waals surface area contributed by atoms with E-state index < -0.39 is 5.60 Å². The summed E-state index contributed by atoms with van der Waals surface area (Å²) in [5.41, 5.74) is 7.00. The molecule has 0 bridgehead atoms. The molecule has 2 rings (SSSR count). The van der Waals surface area contributed by atoms with Gasteiger partial charge in [0, 0.05) is 37.4 Å². The Hall–Kier alpha value is -2.11. The fourth-order valence-corrected chi connectivity index (χ4v) is 2.72. The first-order valence-electron chi connectivity index (χ1n) is 7.89. The maximum atomic E-state index is 12.3. The van der Waals surface area contributed by atoms with Gasteiger partial charge in [-0.15, -0.1) is 0 Å². The van der Waals surface area contributed by atoms with Crippen LogP contribution in [0, 0.1) is 0 Å². The molecule has 0 radical (unpaired) electrons. The molecule has 1 heterocycles. The fourth-order valence-electron chi connectivity index (χ4n) is 2.72. The molecular weight excluding hydrogens is 294 g/mol. The fraction of sp³-hybridized carbons (Fsp3) is 0.588. The Labute approximate surface area is 138 Å². The molecule has 1 aliphatic heterocycles. The Morgan fingerprint density at radius 1 is 1.30 bits per heavy atom. The molecule has 1 aromatic carbocycles. The van der Waals surface area contributed by atoms with E-state index in [0.29, 0.717) is 12.2 Å². The van der Waals surface area contributed by atoms with Crippen molar-refractivity contribution >= 4 is 17.5 Å². The number of carbonyl (C=O) groups excluding carboxylic acids is 1. The summed E-state index contributed by atoms with van der Waals surface area (Å²) in [4.78, 5) is 16.3. The zero-order valence-corrected chi connectivity index (χ0v) is 14.6. The molecule has 0 aromatic heterocycles. The van der Waals surface area contributed by atoms with Gasteiger partial charge in [-0.2, -0.15) is 0 Å². The zero-order chi connectivity index (χ0) is 17.2. The summed E-state index contributed by atoms with van der Waals surface area (Å²) in [6.07, 6.45) is -0.256. The highest BCUT2D eigenvalue weighted by Crippen LogP contribution is 2.32. The molecule has 1 atom stereocenters. The summed E-state index contributed by atoms with van der Waals surface area (Å²) in [7, 11) is 1.64. The van der Waals surface area contributed by atoms with E-state index in [2.05, 4.69) is 4.90 Å². The molecule has 2 N–H and O–H groups in total. The highest BCUT2D eigenvalue weighted by Gasteiger charge is 2.31. The van der Waals surface area contributed by atoms with Crippen LogP contribution in [-0.4, -0.2) is 49.4 Å². The minimum Gasteiger partial charge on any atom is -0.495 e. The van der Waals surface area contributed by atoms with Crippen molar-refractivity contribution in [3.05, 3.63) is 18.2 Å². The molecule has 0 spiro atoms.